The third-order valence-electron chi connectivity index (χ3n) is 7.11. The third kappa shape index (κ3) is 3.93. The number of piperidine rings is 1. The molecule has 0 radical (unpaired) electrons. The lowest BCUT2D eigenvalue weighted by molar-refractivity contribution is -0.0930. The van der Waals surface area contributed by atoms with Crippen molar-refractivity contribution < 1.29 is 14.6 Å². The lowest BCUT2D eigenvalue weighted by Crippen LogP contribution is -2.64. The van der Waals surface area contributed by atoms with Gasteiger partial charge in [0.1, 0.15) is 5.60 Å². The SMILES string of the molecule is Cc1cc(N2CC[C@@H](CO)CC2(C)C)nn1C1CC2(C1)CN(C(=O)OC(C)(C)C)C2. The number of hydrogen-bond acceptors (Lipinski definition) is 5. The molecule has 7 nitrogen and oxygen atoms in total. The molecule has 1 spiro atoms. The van der Waals surface area contributed by atoms with E-state index in [1.54, 1.807) is 0 Å². The maximum Gasteiger partial charge on any atom is 0.410 e. The van der Waals surface area contributed by atoms with E-state index in [-0.39, 0.29) is 23.7 Å². The molecule has 3 aliphatic rings. The molecule has 0 bridgehead atoms. The number of amides is 1. The Morgan fingerprint density at radius 1 is 1.27 bits per heavy atom. The number of aliphatic hydroxyl groups is 1. The molecule has 1 N–H and O–H groups in total. The molecule has 3 fully saturated rings. The molecule has 2 saturated heterocycles. The summed E-state index contributed by atoms with van der Waals surface area (Å²) in [6.07, 6.45) is 3.96. The first kappa shape index (κ1) is 21.5. The summed E-state index contributed by atoms with van der Waals surface area (Å²) in [5.74, 6) is 1.44. The highest BCUT2D eigenvalue weighted by Gasteiger charge is 2.55. The van der Waals surface area contributed by atoms with E-state index in [4.69, 9.17) is 9.84 Å². The van der Waals surface area contributed by atoms with Gasteiger partial charge in [-0.2, -0.15) is 5.10 Å². The van der Waals surface area contributed by atoms with Crippen molar-refractivity contribution in [3.8, 4) is 0 Å². The normalized spacial score (nSPS) is 25.8. The number of aliphatic hydroxyl groups excluding tert-OH is 1. The lowest BCUT2D eigenvalue weighted by Gasteiger charge is -2.58. The van der Waals surface area contributed by atoms with Crippen LogP contribution >= 0.6 is 0 Å². The summed E-state index contributed by atoms with van der Waals surface area (Å²) in [5, 5.41) is 14.6. The topological polar surface area (TPSA) is 70.8 Å². The molecule has 1 saturated carbocycles. The van der Waals surface area contributed by atoms with Gasteiger partial charge in [0.25, 0.3) is 0 Å². The summed E-state index contributed by atoms with van der Waals surface area (Å²) in [4.78, 5) is 16.5. The molecule has 0 aromatic carbocycles. The van der Waals surface area contributed by atoms with Gasteiger partial charge in [-0.3, -0.25) is 4.68 Å². The summed E-state index contributed by atoms with van der Waals surface area (Å²) >= 11 is 0. The number of carbonyl (C=O) groups excluding carboxylic acids is 1. The van der Waals surface area contributed by atoms with Crippen LogP contribution in [0.5, 0.6) is 0 Å². The molecule has 4 rings (SSSR count). The van der Waals surface area contributed by atoms with E-state index in [1.807, 2.05) is 25.7 Å². The molecule has 30 heavy (non-hydrogen) atoms. The van der Waals surface area contributed by atoms with Crippen LogP contribution in [0.25, 0.3) is 0 Å². The van der Waals surface area contributed by atoms with Gasteiger partial charge in [0.2, 0.25) is 0 Å². The fraction of sp³-hybridized carbons (Fsp3) is 0.826. The average molecular weight is 419 g/mol. The van der Waals surface area contributed by atoms with Crippen molar-refractivity contribution in [1.82, 2.24) is 14.7 Å². The van der Waals surface area contributed by atoms with Gasteiger partial charge in [-0.25, -0.2) is 4.79 Å². The minimum absolute atomic E-state index is 0.00000374. The van der Waals surface area contributed by atoms with E-state index in [9.17, 15) is 9.90 Å². The van der Waals surface area contributed by atoms with Crippen molar-refractivity contribution in [3.05, 3.63) is 11.8 Å². The van der Waals surface area contributed by atoms with E-state index in [0.29, 0.717) is 12.0 Å². The first-order chi connectivity index (χ1) is 13.9. The molecule has 168 valence electrons. The van der Waals surface area contributed by atoms with Crippen molar-refractivity contribution in [2.24, 2.45) is 11.3 Å². The molecule has 1 aromatic heterocycles. The Balaban J connectivity index is 1.36. The smallest absolute Gasteiger partial charge is 0.410 e. The molecule has 3 heterocycles. The van der Waals surface area contributed by atoms with Gasteiger partial charge in [-0.15, -0.1) is 0 Å². The molecule has 2 aliphatic heterocycles. The maximum absolute atomic E-state index is 12.2. The van der Waals surface area contributed by atoms with E-state index < -0.39 is 5.60 Å². The second-order valence-electron chi connectivity index (χ2n) is 11.5. The zero-order chi connectivity index (χ0) is 21.9. The predicted octanol–water partition coefficient (Wildman–Crippen LogP) is 3.75. The quantitative estimate of drug-likeness (QED) is 0.809. The van der Waals surface area contributed by atoms with Gasteiger partial charge in [-0.1, -0.05) is 0 Å². The number of rotatable bonds is 3. The zero-order valence-electron chi connectivity index (χ0n) is 19.4. The van der Waals surface area contributed by atoms with Crippen molar-refractivity contribution in [3.63, 3.8) is 0 Å². The first-order valence-corrected chi connectivity index (χ1v) is 11.3. The number of likely N-dealkylation sites (tertiary alicyclic amines) is 1. The van der Waals surface area contributed by atoms with Crippen LogP contribution in [-0.4, -0.2) is 63.3 Å². The number of anilines is 1. The highest BCUT2D eigenvalue weighted by atomic mass is 16.6. The van der Waals surface area contributed by atoms with Crippen LogP contribution in [0, 0.1) is 18.3 Å². The van der Waals surface area contributed by atoms with Crippen LogP contribution in [0.15, 0.2) is 6.07 Å². The summed E-state index contributed by atoms with van der Waals surface area (Å²) in [7, 11) is 0. The predicted molar refractivity (Wildman–Crippen MR) is 117 cm³/mol. The number of nitrogens with zero attached hydrogens (tertiary/aromatic N) is 4. The zero-order valence-corrected chi connectivity index (χ0v) is 19.4. The Kier molecular flexibility index (Phi) is 5.11. The summed E-state index contributed by atoms with van der Waals surface area (Å²) in [5.41, 5.74) is 1.01. The van der Waals surface area contributed by atoms with E-state index in [1.165, 1.54) is 5.69 Å². The van der Waals surface area contributed by atoms with E-state index >= 15 is 0 Å². The Hall–Kier alpha value is -1.76. The van der Waals surface area contributed by atoms with Gasteiger partial charge in [0.15, 0.2) is 5.82 Å². The number of ether oxygens (including phenoxy) is 1. The Morgan fingerprint density at radius 2 is 1.93 bits per heavy atom. The minimum atomic E-state index is -0.440. The molecular formula is C23H38N4O3. The van der Waals surface area contributed by atoms with Gasteiger partial charge < -0.3 is 19.6 Å². The largest absolute Gasteiger partial charge is 0.444 e. The minimum Gasteiger partial charge on any atom is -0.444 e. The third-order valence-corrected chi connectivity index (χ3v) is 7.11. The summed E-state index contributed by atoms with van der Waals surface area (Å²) < 4.78 is 7.69. The van der Waals surface area contributed by atoms with Crippen LogP contribution in [0.4, 0.5) is 10.6 Å². The number of aryl methyl sites for hydroxylation is 1. The van der Waals surface area contributed by atoms with Gasteiger partial charge >= 0.3 is 6.09 Å². The first-order valence-electron chi connectivity index (χ1n) is 11.3. The van der Waals surface area contributed by atoms with Crippen molar-refractivity contribution in [2.75, 3.05) is 31.1 Å². The fourth-order valence-electron chi connectivity index (χ4n) is 5.68. The van der Waals surface area contributed by atoms with Crippen LogP contribution in [0.1, 0.15) is 72.0 Å². The van der Waals surface area contributed by atoms with Crippen LogP contribution in [-0.2, 0) is 4.74 Å². The Bertz CT molecular complexity index is 796. The molecular weight excluding hydrogens is 380 g/mol. The van der Waals surface area contributed by atoms with Crippen molar-refractivity contribution in [2.45, 2.75) is 84.4 Å². The molecule has 7 heteroatoms. The van der Waals surface area contributed by atoms with Gasteiger partial charge in [0.05, 0.1) is 6.04 Å². The lowest BCUT2D eigenvalue weighted by atomic mass is 9.61. The summed E-state index contributed by atoms with van der Waals surface area (Å²) in [6.45, 7) is 15.2. The molecule has 1 atom stereocenters. The number of hydrogen-bond donors (Lipinski definition) is 1. The molecule has 1 amide bonds. The van der Waals surface area contributed by atoms with E-state index in [0.717, 1.165) is 51.1 Å². The standard InChI is InChI=1S/C23H38N4O3/c1-16-9-19(26-8-7-17(13-28)10-22(26,5)6)24-27(16)18-11-23(12-18)14-25(15-23)20(29)30-21(2,3)4/h9,17-18,28H,7-8,10-15H2,1-6H3/t17-/m1/s1. The van der Waals surface area contributed by atoms with Gasteiger partial charge in [0, 0.05) is 49.0 Å². The molecule has 0 unspecified atom stereocenters. The van der Waals surface area contributed by atoms with Crippen molar-refractivity contribution in [1.29, 1.82) is 0 Å². The highest BCUT2D eigenvalue weighted by Crippen LogP contribution is 2.54. The number of carbonyl (C=O) groups is 1. The van der Waals surface area contributed by atoms with Gasteiger partial charge in [-0.05, 0) is 73.1 Å². The van der Waals surface area contributed by atoms with Crippen LogP contribution < -0.4 is 4.90 Å². The maximum atomic E-state index is 12.2. The second kappa shape index (κ2) is 7.14. The highest BCUT2D eigenvalue weighted by molar-refractivity contribution is 5.69. The Morgan fingerprint density at radius 3 is 2.50 bits per heavy atom. The van der Waals surface area contributed by atoms with Crippen molar-refractivity contribution >= 4 is 11.9 Å². The fourth-order valence-corrected chi connectivity index (χ4v) is 5.68. The average Bonchev–Trinajstić information content (AvgIpc) is 2.90. The van der Waals surface area contributed by atoms with Crippen LogP contribution in [0.2, 0.25) is 0 Å². The summed E-state index contributed by atoms with van der Waals surface area (Å²) in [6, 6.07) is 2.62. The number of aromatic nitrogens is 2. The van der Waals surface area contributed by atoms with Crippen LogP contribution in [0.3, 0.4) is 0 Å². The second-order valence-corrected chi connectivity index (χ2v) is 11.5. The van der Waals surface area contributed by atoms with E-state index in [2.05, 4.69) is 36.4 Å². The monoisotopic (exact) mass is 418 g/mol. The Labute approximate surface area is 180 Å². The molecule has 1 aliphatic carbocycles. The molecule has 1 aromatic rings.